The molecule has 2 amide bonds. The van der Waals surface area contributed by atoms with Gasteiger partial charge < -0.3 is 9.80 Å². The Bertz CT molecular complexity index is 935. The fourth-order valence-electron chi connectivity index (χ4n) is 4.81. The molecule has 0 spiro atoms. The lowest BCUT2D eigenvalue weighted by atomic mass is 9.92. The number of nitrogens with zero attached hydrogens (tertiary/aromatic N) is 4. The lowest BCUT2D eigenvalue weighted by Gasteiger charge is -2.36. The smallest absolute Gasteiger partial charge is 0.253 e. The Hall–Kier alpha value is -2.63. The van der Waals surface area contributed by atoms with E-state index in [-0.39, 0.29) is 11.8 Å². The zero-order chi connectivity index (χ0) is 22.0. The van der Waals surface area contributed by atoms with Crippen LogP contribution in [-0.2, 0) is 11.3 Å². The van der Waals surface area contributed by atoms with Gasteiger partial charge in [0.05, 0.1) is 12.2 Å². The van der Waals surface area contributed by atoms with Gasteiger partial charge in [-0.25, -0.2) is 0 Å². The van der Waals surface area contributed by atoms with Gasteiger partial charge in [0, 0.05) is 43.4 Å². The number of carbonyl (C=O) groups excluding carboxylic acids is 2. The van der Waals surface area contributed by atoms with Crippen LogP contribution in [0.5, 0.6) is 0 Å². The maximum Gasteiger partial charge on any atom is 0.253 e. The molecular formula is C25H34N4O2. The molecule has 4 rings (SSSR count). The molecule has 0 radical (unpaired) electrons. The van der Waals surface area contributed by atoms with Gasteiger partial charge in [0.2, 0.25) is 5.91 Å². The highest BCUT2D eigenvalue weighted by Gasteiger charge is 2.31. The van der Waals surface area contributed by atoms with E-state index in [2.05, 4.69) is 18.1 Å². The van der Waals surface area contributed by atoms with Gasteiger partial charge >= 0.3 is 0 Å². The molecular weight excluding hydrogens is 388 g/mol. The van der Waals surface area contributed by atoms with E-state index in [1.165, 1.54) is 0 Å². The minimum atomic E-state index is 0.0629. The molecule has 0 N–H and O–H groups in total. The van der Waals surface area contributed by atoms with Crippen molar-refractivity contribution >= 4 is 11.8 Å². The molecule has 166 valence electrons. The van der Waals surface area contributed by atoms with Crippen LogP contribution in [-0.4, -0.2) is 57.6 Å². The van der Waals surface area contributed by atoms with E-state index in [1.807, 2.05) is 52.6 Å². The van der Waals surface area contributed by atoms with Gasteiger partial charge in [0.15, 0.2) is 0 Å². The molecule has 0 bridgehead atoms. The van der Waals surface area contributed by atoms with Crippen molar-refractivity contribution in [1.29, 1.82) is 0 Å². The van der Waals surface area contributed by atoms with Crippen molar-refractivity contribution in [3.8, 4) is 0 Å². The predicted octanol–water partition coefficient (Wildman–Crippen LogP) is 3.66. The lowest BCUT2D eigenvalue weighted by molar-refractivity contribution is -0.138. The van der Waals surface area contributed by atoms with E-state index in [1.54, 1.807) is 0 Å². The highest BCUT2D eigenvalue weighted by molar-refractivity contribution is 5.94. The number of hydrogen-bond donors (Lipinski definition) is 0. The van der Waals surface area contributed by atoms with Crippen LogP contribution < -0.4 is 0 Å². The average Bonchev–Trinajstić information content (AvgIpc) is 3.10. The number of carbonyl (C=O) groups is 2. The molecule has 6 nitrogen and oxygen atoms in total. The quantitative estimate of drug-likeness (QED) is 0.756. The Morgan fingerprint density at radius 3 is 2.29 bits per heavy atom. The summed E-state index contributed by atoms with van der Waals surface area (Å²) in [5.74, 6) is 1.15. The summed E-state index contributed by atoms with van der Waals surface area (Å²) >= 11 is 0. The van der Waals surface area contributed by atoms with Crippen molar-refractivity contribution in [2.75, 3.05) is 26.2 Å². The van der Waals surface area contributed by atoms with Crippen molar-refractivity contribution < 1.29 is 9.59 Å². The van der Waals surface area contributed by atoms with Crippen molar-refractivity contribution in [2.24, 2.45) is 11.8 Å². The summed E-state index contributed by atoms with van der Waals surface area (Å²) in [5, 5.41) is 4.52. The van der Waals surface area contributed by atoms with Gasteiger partial charge in [-0.2, -0.15) is 5.10 Å². The summed E-state index contributed by atoms with van der Waals surface area (Å²) in [6.07, 6.45) is 3.75. The average molecular weight is 423 g/mol. The molecule has 2 saturated heterocycles. The van der Waals surface area contributed by atoms with E-state index < -0.39 is 0 Å². The van der Waals surface area contributed by atoms with Crippen LogP contribution in [0.4, 0.5) is 0 Å². The van der Waals surface area contributed by atoms with E-state index in [0.29, 0.717) is 31.1 Å². The number of amides is 2. The van der Waals surface area contributed by atoms with Crippen LogP contribution in [0.15, 0.2) is 30.3 Å². The van der Waals surface area contributed by atoms with E-state index in [9.17, 15) is 9.59 Å². The number of benzene rings is 1. The Morgan fingerprint density at radius 1 is 0.968 bits per heavy atom. The number of aromatic nitrogens is 2. The lowest BCUT2D eigenvalue weighted by Crippen LogP contribution is -2.46. The maximum atomic E-state index is 13.1. The maximum absolute atomic E-state index is 13.1. The summed E-state index contributed by atoms with van der Waals surface area (Å²) in [6, 6.07) is 9.91. The number of aryl methyl sites for hydroxylation is 2. The van der Waals surface area contributed by atoms with Crippen LogP contribution >= 0.6 is 0 Å². The second-order valence-corrected chi connectivity index (χ2v) is 9.36. The Kier molecular flexibility index (Phi) is 6.44. The number of piperidine rings is 2. The van der Waals surface area contributed by atoms with Crippen LogP contribution in [0.1, 0.15) is 59.9 Å². The molecule has 0 unspecified atom stereocenters. The second-order valence-electron chi connectivity index (χ2n) is 9.36. The van der Waals surface area contributed by atoms with Gasteiger partial charge in [-0.1, -0.05) is 19.1 Å². The molecule has 0 saturated carbocycles. The van der Waals surface area contributed by atoms with E-state index in [4.69, 9.17) is 0 Å². The predicted molar refractivity (Wildman–Crippen MR) is 121 cm³/mol. The van der Waals surface area contributed by atoms with Crippen LogP contribution in [0, 0.1) is 25.7 Å². The third-order valence-electron chi connectivity index (χ3n) is 6.84. The molecule has 2 aliphatic heterocycles. The van der Waals surface area contributed by atoms with E-state index >= 15 is 0 Å². The molecule has 31 heavy (non-hydrogen) atoms. The van der Waals surface area contributed by atoms with Gasteiger partial charge in [0.25, 0.3) is 5.91 Å². The van der Waals surface area contributed by atoms with Crippen molar-refractivity contribution in [3.63, 3.8) is 0 Å². The number of rotatable bonds is 4. The molecule has 0 atom stereocenters. The third kappa shape index (κ3) is 5.00. The minimum absolute atomic E-state index is 0.0629. The first-order chi connectivity index (χ1) is 14.9. The zero-order valence-corrected chi connectivity index (χ0v) is 19.0. The first-order valence-electron chi connectivity index (χ1n) is 11.6. The molecule has 0 aliphatic carbocycles. The Morgan fingerprint density at radius 2 is 1.65 bits per heavy atom. The van der Waals surface area contributed by atoms with Crippen LogP contribution in [0.2, 0.25) is 0 Å². The van der Waals surface area contributed by atoms with Gasteiger partial charge in [0.1, 0.15) is 0 Å². The molecule has 2 aromatic rings. The van der Waals surface area contributed by atoms with Crippen molar-refractivity contribution in [3.05, 3.63) is 52.8 Å². The topological polar surface area (TPSA) is 58.4 Å². The van der Waals surface area contributed by atoms with Crippen molar-refractivity contribution in [1.82, 2.24) is 19.6 Å². The molecule has 6 heteroatoms. The zero-order valence-electron chi connectivity index (χ0n) is 19.0. The molecule has 1 aromatic heterocycles. The highest BCUT2D eigenvalue weighted by Crippen LogP contribution is 2.24. The molecule has 3 heterocycles. The Labute approximate surface area is 185 Å². The summed E-state index contributed by atoms with van der Waals surface area (Å²) in [7, 11) is 0. The highest BCUT2D eigenvalue weighted by atomic mass is 16.2. The monoisotopic (exact) mass is 422 g/mol. The van der Waals surface area contributed by atoms with Gasteiger partial charge in [-0.05, 0) is 69.2 Å². The summed E-state index contributed by atoms with van der Waals surface area (Å²) in [6.45, 7) is 10.0. The Balaban J connectivity index is 1.34. The van der Waals surface area contributed by atoms with Gasteiger partial charge in [-0.3, -0.25) is 14.3 Å². The largest absolute Gasteiger partial charge is 0.342 e. The molecule has 2 fully saturated rings. The third-order valence-corrected chi connectivity index (χ3v) is 6.84. The SMILES string of the molecule is Cc1cc(C)n(Cc2cccc(C(=O)N3CCC(C(=O)N4CCC(C)CC4)CC3)c2)n1. The first-order valence-corrected chi connectivity index (χ1v) is 11.6. The summed E-state index contributed by atoms with van der Waals surface area (Å²) < 4.78 is 1.97. The molecule has 1 aromatic carbocycles. The summed E-state index contributed by atoms with van der Waals surface area (Å²) in [5.41, 5.74) is 3.90. The minimum Gasteiger partial charge on any atom is -0.342 e. The fraction of sp³-hybridized carbons (Fsp3) is 0.560. The normalized spacial score (nSPS) is 18.4. The molecule has 2 aliphatic rings. The van der Waals surface area contributed by atoms with Crippen LogP contribution in [0.25, 0.3) is 0 Å². The van der Waals surface area contributed by atoms with Crippen LogP contribution in [0.3, 0.4) is 0 Å². The van der Waals surface area contributed by atoms with Crippen molar-refractivity contribution in [2.45, 2.75) is 53.0 Å². The summed E-state index contributed by atoms with van der Waals surface area (Å²) in [4.78, 5) is 29.9. The number of hydrogen-bond acceptors (Lipinski definition) is 3. The fourth-order valence-corrected chi connectivity index (χ4v) is 4.81. The number of likely N-dealkylation sites (tertiary alicyclic amines) is 2. The first kappa shape index (κ1) is 21.6. The van der Waals surface area contributed by atoms with Gasteiger partial charge in [-0.15, -0.1) is 0 Å². The van der Waals surface area contributed by atoms with E-state index in [0.717, 1.165) is 61.6 Å². The standard InChI is InChI=1S/C25H34N4O2/c1-18-7-11-27(12-8-18)24(30)22-9-13-28(14-10-22)25(31)23-6-4-5-21(16-23)17-29-20(3)15-19(2)26-29/h4-6,15-16,18,22H,7-14,17H2,1-3H3. The second kappa shape index (κ2) is 9.25.